The third kappa shape index (κ3) is 3.99. The third-order valence-electron chi connectivity index (χ3n) is 3.88. The van der Waals surface area contributed by atoms with Gasteiger partial charge in [-0.3, -0.25) is 4.79 Å². The van der Waals surface area contributed by atoms with Gasteiger partial charge in [-0.25, -0.2) is 0 Å². The number of nitrogen functional groups attached to an aromatic ring is 1. The summed E-state index contributed by atoms with van der Waals surface area (Å²) in [6.07, 6.45) is 3.85. The predicted octanol–water partition coefficient (Wildman–Crippen LogP) is 3.24. The molecule has 110 valence electrons. The number of hydrogen-bond donors (Lipinski definition) is 1. The fourth-order valence-electron chi connectivity index (χ4n) is 2.99. The number of hydrogen-bond acceptors (Lipinski definition) is 2. The summed E-state index contributed by atoms with van der Waals surface area (Å²) in [5, 5.41) is 0. The molecule has 0 saturated carbocycles. The molecule has 1 fully saturated rings. The predicted molar refractivity (Wildman–Crippen MR) is 83.4 cm³/mol. The number of carbonyl (C=O) groups is 1. The lowest BCUT2D eigenvalue weighted by Crippen LogP contribution is -2.38. The normalized spacial score (nSPS) is 19.4. The molecule has 1 saturated heterocycles. The molecule has 1 aliphatic rings. The molecule has 1 amide bonds. The van der Waals surface area contributed by atoms with E-state index in [1.54, 1.807) is 0 Å². The maximum Gasteiger partial charge on any atom is 0.227 e. The van der Waals surface area contributed by atoms with Crippen LogP contribution in [0.1, 0.15) is 45.6 Å². The number of nitrogens with zero attached hydrogens (tertiary/aromatic N) is 1. The zero-order valence-corrected chi connectivity index (χ0v) is 12.9. The van der Waals surface area contributed by atoms with Crippen LogP contribution in [0.3, 0.4) is 0 Å². The van der Waals surface area contributed by atoms with Crippen LogP contribution in [0.2, 0.25) is 0 Å². The summed E-state index contributed by atoms with van der Waals surface area (Å²) in [6, 6.07) is 8.03. The molecule has 2 rings (SSSR count). The van der Waals surface area contributed by atoms with Gasteiger partial charge in [0.25, 0.3) is 0 Å². The van der Waals surface area contributed by atoms with Gasteiger partial charge < -0.3 is 10.6 Å². The highest BCUT2D eigenvalue weighted by Crippen LogP contribution is 2.30. The van der Waals surface area contributed by atoms with Crippen LogP contribution in [0.25, 0.3) is 0 Å². The van der Waals surface area contributed by atoms with Crippen molar-refractivity contribution in [3.8, 4) is 0 Å². The molecule has 0 aromatic heterocycles. The molecule has 1 aliphatic heterocycles. The Morgan fingerprint density at radius 3 is 2.55 bits per heavy atom. The second-order valence-corrected chi connectivity index (χ2v) is 7.07. The molecular weight excluding hydrogens is 248 g/mol. The lowest BCUT2D eigenvalue weighted by atomic mass is 9.87. The minimum absolute atomic E-state index is 0.251. The zero-order valence-electron chi connectivity index (χ0n) is 12.9. The lowest BCUT2D eigenvalue weighted by Gasteiger charge is -2.30. The number of benzene rings is 1. The topological polar surface area (TPSA) is 46.3 Å². The van der Waals surface area contributed by atoms with Crippen molar-refractivity contribution >= 4 is 11.6 Å². The van der Waals surface area contributed by atoms with E-state index in [1.165, 1.54) is 0 Å². The Bertz CT molecular complexity index is 459. The molecule has 1 atom stereocenters. The van der Waals surface area contributed by atoms with Gasteiger partial charge in [0.05, 0.1) is 6.42 Å². The fourth-order valence-corrected chi connectivity index (χ4v) is 2.99. The highest BCUT2D eigenvalue weighted by atomic mass is 16.2. The van der Waals surface area contributed by atoms with Crippen LogP contribution >= 0.6 is 0 Å². The highest BCUT2D eigenvalue weighted by Gasteiger charge is 2.31. The first kappa shape index (κ1) is 14.9. The molecule has 3 heteroatoms. The minimum atomic E-state index is 0.251. The maximum absolute atomic E-state index is 12.5. The van der Waals surface area contributed by atoms with E-state index in [0.717, 1.165) is 37.1 Å². The van der Waals surface area contributed by atoms with Crippen LogP contribution < -0.4 is 5.73 Å². The number of carbonyl (C=O) groups excluding carboxylic acids is 1. The second kappa shape index (κ2) is 5.86. The summed E-state index contributed by atoms with van der Waals surface area (Å²) in [5.41, 5.74) is 7.74. The summed E-state index contributed by atoms with van der Waals surface area (Å²) in [4.78, 5) is 14.6. The van der Waals surface area contributed by atoms with Gasteiger partial charge in [-0.15, -0.1) is 0 Å². The average molecular weight is 274 g/mol. The van der Waals surface area contributed by atoms with E-state index in [-0.39, 0.29) is 11.3 Å². The van der Waals surface area contributed by atoms with E-state index >= 15 is 0 Å². The summed E-state index contributed by atoms with van der Waals surface area (Å²) in [7, 11) is 0. The van der Waals surface area contributed by atoms with Gasteiger partial charge in [-0.05, 0) is 42.4 Å². The summed E-state index contributed by atoms with van der Waals surface area (Å²) in [6.45, 7) is 7.64. The van der Waals surface area contributed by atoms with Crippen LogP contribution in [0.5, 0.6) is 0 Å². The third-order valence-corrected chi connectivity index (χ3v) is 3.88. The minimum Gasteiger partial charge on any atom is -0.399 e. The Kier molecular flexibility index (Phi) is 4.36. The maximum atomic E-state index is 12.5. The second-order valence-electron chi connectivity index (χ2n) is 7.07. The lowest BCUT2D eigenvalue weighted by molar-refractivity contribution is -0.131. The van der Waals surface area contributed by atoms with Gasteiger partial charge in [0.1, 0.15) is 0 Å². The molecule has 0 bridgehead atoms. The van der Waals surface area contributed by atoms with Crippen LogP contribution in [0.4, 0.5) is 5.69 Å². The summed E-state index contributed by atoms with van der Waals surface area (Å²) >= 11 is 0. The van der Waals surface area contributed by atoms with E-state index < -0.39 is 0 Å². The van der Waals surface area contributed by atoms with Crippen molar-refractivity contribution in [2.24, 2.45) is 5.41 Å². The first-order chi connectivity index (χ1) is 9.35. The van der Waals surface area contributed by atoms with Crippen molar-refractivity contribution in [3.05, 3.63) is 29.8 Å². The number of likely N-dealkylation sites (tertiary alicyclic amines) is 1. The fraction of sp³-hybridized carbons (Fsp3) is 0.588. The first-order valence-corrected chi connectivity index (χ1v) is 7.49. The van der Waals surface area contributed by atoms with Crippen molar-refractivity contribution in [3.63, 3.8) is 0 Å². The van der Waals surface area contributed by atoms with Gasteiger partial charge in [0.2, 0.25) is 5.91 Å². The molecular formula is C17H26N2O. The van der Waals surface area contributed by atoms with Crippen molar-refractivity contribution in [2.75, 3.05) is 12.3 Å². The summed E-state index contributed by atoms with van der Waals surface area (Å²) < 4.78 is 0. The van der Waals surface area contributed by atoms with Crippen LogP contribution in [-0.4, -0.2) is 23.4 Å². The van der Waals surface area contributed by atoms with Crippen molar-refractivity contribution in [2.45, 2.75) is 52.5 Å². The Morgan fingerprint density at radius 2 is 1.95 bits per heavy atom. The largest absolute Gasteiger partial charge is 0.399 e. The molecule has 1 heterocycles. The van der Waals surface area contributed by atoms with E-state index in [1.807, 2.05) is 24.3 Å². The van der Waals surface area contributed by atoms with Gasteiger partial charge in [-0.2, -0.15) is 0 Å². The summed E-state index contributed by atoms with van der Waals surface area (Å²) in [5.74, 6) is 0.251. The zero-order chi connectivity index (χ0) is 14.8. The van der Waals surface area contributed by atoms with E-state index in [0.29, 0.717) is 12.5 Å². The average Bonchev–Trinajstić information content (AvgIpc) is 2.78. The van der Waals surface area contributed by atoms with Gasteiger partial charge in [-0.1, -0.05) is 32.9 Å². The van der Waals surface area contributed by atoms with Crippen molar-refractivity contribution in [1.29, 1.82) is 0 Å². The Morgan fingerprint density at radius 1 is 1.30 bits per heavy atom. The molecule has 2 N–H and O–H groups in total. The molecule has 0 radical (unpaired) electrons. The quantitative estimate of drug-likeness (QED) is 0.860. The molecule has 3 nitrogen and oxygen atoms in total. The van der Waals surface area contributed by atoms with E-state index in [9.17, 15) is 4.79 Å². The molecule has 0 spiro atoms. The number of nitrogens with two attached hydrogens (primary N) is 1. The smallest absolute Gasteiger partial charge is 0.227 e. The first-order valence-electron chi connectivity index (χ1n) is 7.49. The standard InChI is InChI=1S/C17H26N2O/c1-17(2,3)12-15-5-4-10-19(15)16(20)11-13-6-8-14(18)9-7-13/h6-9,15H,4-5,10-12,18H2,1-3H3. The van der Waals surface area contributed by atoms with Crippen molar-refractivity contribution < 1.29 is 4.79 Å². The molecule has 0 aliphatic carbocycles. The number of amides is 1. The molecule has 20 heavy (non-hydrogen) atoms. The van der Waals surface area contributed by atoms with Gasteiger partial charge in [0, 0.05) is 18.3 Å². The van der Waals surface area contributed by atoms with Crippen LogP contribution in [0.15, 0.2) is 24.3 Å². The van der Waals surface area contributed by atoms with Crippen LogP contribution in [-0.2, 0) is 11.2 Å². The number of anilines is 1. The molecule has 1 aromatic carbocycles. The molecule has 1 unspecified atom stereocenters. The van der Waals surface area contributed by atoms with Gasteiger partial charge in [0.15, 0.2) is 0 Å². The van der Waals surface area contributed by atoms with Crippen LogP contribution in [0, 0.1) is 5.41 Å². The van der Waals surface area contributed by atoms with Crippen molar-refractivity contribution in [1.82, 2.24) is 4.90 Å². The monoisotopic (exact) mass is 274 g/mol. The Balaban J connectivity index is 1.99. The van der Waals surface area contributed by atoms with E-state index in [4.69, 9.17) is 5.73 Å². The molecule has 1 aromatic rings. The SMILES string of the molecule is CC(C)(C)CC1CCCN1C(=O)Cc1ccc(N)cc1. The van der Waals surface area contributed by atoms with Gasteiger partial charge >= 0.3 is 0 Å². The van der Waals surface area contributed by atoms with E-state index in [2.05, 4.69) is 25.7 Å². The number of rotatable bonds is 3. The Labute approximate surface area is 122 Å². The highest BCUT2D eigenvalue weighted by molar-refractivity contribution is 5.79. The Hall–Kier alpha value is -1.51.